The van der Waals surface area contributed by atoms with Crippen molar-refractivity contribution in [2.75, 3.05) is 11.9 Å². The molecule has 0 bridgehead atoms. The van der Waals surface area contributed by atoms with Crippen molar-refractivity contribution in [2.45, 2.75) is 12.5 Å². The van der Waals surface area contributed by atoms with Gasteiger partial charge in [-0.1, -0.05) is 18.2 Å². The van der Waals surface area contributed by atoms with Gasteiger partial charge in [0.15, 0.2) is 0 Å². The Kier molecular flexibility index (Phi) is 2.89. The number of ether oxygens (including phenoxy) is 1. The highest BCUT2D eigenvalue weighted by Crippen LogP contribution is 2.29. The quantitative estimate of drug-likeness (QED) is 0.893. The average Bonchev–Trinajstić information content (AvgIpc) is 2.79. The highest BCUT2D eigenvalue weighted by Gasteiger charge is 2.22. The van der Waals surface area contributed by atoms with Crippen molar-refractivity contribution >= 4 is 5.69 Å². The smallest absolute Gasteiger partial charge is 0.123 e. The van der Waals surface area contributed by atoms with Crippen LogP contribution in [0.1, 0.15) is 5.56 Å². The second-order valence-electron chi connectivity index (χ2n) is 4.44. The third-order valence-electron chi connectivity index (χ3n) is 3.07. The van der Waals surface area contributed by atoms with Crippen LogP contribution in [0.5, 0.6) is 5.75 Å². The molecule has 0 aliphatic carbocycles. The molecule has 1 N–H and O–H groups in total. The minimum atomic E-state index is -0.200. The van der Waals surface area contributed by atoms with Crippen molar-refractivity contribution in [3.8, 4) is 5.75 Å². The van der Waals surface area contributed by atoms with Crippen LogP contribution in [0.3, 0.4) is 0 Å². The largest absolute Gasteiger partial charge is 0.488 e. The molecule has 0 fully saturated rings. The number of hydrogen-bond acceptors (Lipinski definition) is 2. The molecule has 1 unspecified atom stereocenters. The Morgan fingerprint density at radius 1 is 1.17 bits per heavy atom. The molecule has 0 spiro atoms. The predicted molar refractivity (Wildman–Crippen MR) is 69.5 cm³/mol. The first-order valence-corrected chi connectivity index (χ1v) is 6.05. The fourth-order valence-corrected chi connectivity index (χ4v) is 2.19. The zero-order chi connectivity index (χ0) is 12.4. The van der Waals surface area contributed by atoms with Gasteiger partial charge in [-0.3, -0.25) is 0 Å². The first-order valence-electron chi connectivity index (χ1n) is 6.05. The molecule has 2 aromatic rings. The Hall–Kier alpha value is -2.03. The van der Waals surface area contributed by atoms with Crippen molar-refractivity contribution in [3.05, 3.63) is 59.9 Å². The topological polar surface area (TPSA) is 21.3 Å². The van der Waals surface area contributed by atoms with E-state index in [2.05, 4.69) is 5.32 Å². The van der Waals surface area contributed by atoms with Crippen LogP contribution in [0.25, 0.3) is 0 Å². The second kappa shape index (κ2) is 4.69. The predicted octanol–water partition coefficient (Wildman–Crippen LogP) is 3.24. The monoisotopic (exact) mass is 243 g/mol. The summed E-state index contributed by atoms with van der Waals surface area (Å²) < 4.78 is 18.8. The molecule has 3 rings (SSSR count). The van der Waals surface area contributed by atoms with Crippen LogP contribution in [-0.2, 0) is 6.42 Å². The summed E-state index contributed by atoms with van der Waals surface area (Å²) in [4.78, 5) is 0. The van der Waals surface area contributed by atoms with Gasteiger partial charge in [0.2, 0.25) is 0 Å². The molecule has 1 aliphatic heterocycles. The van der Waals surface area contributed by atoms with Crippen LogP contribution in [0.4, 0.5) is 10.1 Å². The first kappa shape index (κ1) is 11.1. The summed E-state index contributed by atoms with van der Waals surface area (Å²) in [5.74, 6) is 0.602. The van der Waals surface area contributed by atoms with Gasteiger partial charge in [0.05, 0.1) is 6.54 Å². The average molecular weight is 243 g/mol. The number of hydrogen-bond donors (Lipinski definition) is 1. The number of anilines is 1. The maximum atomic E-state index is 13.1. The Bertz CT molecular complexity index is 541. The molecule has 18 heavy (non-hydrogen) atoms. The summed E-state index contributed by atoms with van der Waals surface area (Å²) in [6, 6.07) is 14.7. The molecule has 3 heteroatoms. The fourth-order valence-electron chi connectivity index (χ4n) is 2.19. The second-order valence-corrected chi connectivity index (χ2v) is 4.44. The zero-order valence-electron chi connectivity index (χ0n) is 9.90. The summed E-state index contributed by atoms with van der Waals surface area (Å²) in [6.07, 6.45) is 0.828. The van der Waals surface area contributed by atoms with Gasteiger partial charge in [-0.2, -0.15) is 0 Å². The van der Waals surface area contributed by atoms with E-state index in [-0.39, 0.29) is 11.9 Å². The third kappa shape index (κ3) is 2.30. The van der Waals surface area contributed by atoms with Gasteiger partial charge in [-0.05, 0) is 30.3 Å². The lowest BCUT2D eigenvalue weighted by Gasteiger charge is -2.12. The van der Waals surface area contributed by atoms with Crippen molar-refractivity contribution in [1.29, 1.82) is 0 Å². The highest BCUT2D eigenvalue weighted by molar-refractivity contribution is 5.43. The van der Waals surface area contributed by atoms with Crippen LogP contribution < -0.4 is 10.1 Å². The molecular formula is C15H14FNO. The molecule has 2 nitrogen and oxygen atoms in total. The van der Waals surface area contributed by atoms with E-state index in [9.17, 15) is 4.39 Å². The lowest BCUT2D eigenvalue weighted by atomic mass is 10.1. The summed E-state index contributed by atoms with van der Waals surface area (Å²) >= 11 is 0. The van der Waals surface area contributed by atoms with Gasteiger partial charge in [0.1, 0.15) is 17.7 Å². The molecule has 0 saturated heterocycles. The number of benzene rings is 2. The lowest BCUT2D eigenvalue weighted by molar-refractivity contribution is 0.246. The molecule has 1 heterocycles. The SMILES string of the molecule is Fc1ccc2c(c1)CC(CNc1ccccc1)O2. The van der Waals surface area contributed by atoms with Crippen LogP contribution in [0.15, 0.2) is 48.5 Å². The van der Waals surface area contributed by atoms with Gasteiger partial charge in [-0.15, -0.1) is 0 Å². The summed E-state index contributed by atoms with van der Waals surface area (Å²) in [6.45, 7) is 0.723. The highest BCUT2D eigenvalue weighted by atomic mass is 19.1. The lowest BCUT2D eigenvalue weighted by Crippen LogP contribution is -2.23. The van der Waals surface area contributed by atoms with Crippen molar-refractivity contribution in [3.63, 3.8) is 0 Å². The molecule has 2 aromatic carbocycles. The summed E-state index contributed by atoms with van der Waals surface area (Å²) in [5, 5.41) is 3.32. The van der Waals surface area contributed by atoms with Crippen molar-refractivity contribution in [1.82, 2.24) is 0 Å². The minimum absolute atomic E-state index is 0.0713. The fraction of sp³-hybridized carbons (Fsp3) is 0.200. The third-order valence-corrected chi connectivity index (χ3v) is 3.07. The molecule has 1 aliphatic rings. The van der Waals surface area contributed by atoms with Crippen LogP contribution >= 0.6 is 0 Å². The first-order chi connectivity index (χ1) is 8.81. The van der Waals surface area contributed by atoms with E-state index in [1.807, 2.05) is 30.3 Å². The molecule has 92 valence electrons. The summed E-state index contributed by atoms with van der Waals surface area (Å²) in [7, 11) is 0. The maximum Gasteiger partial charge on any atom is 0.123 e. The van der Waals surface area contributed by atoms with Crippen LogP contribution in [-0.4, -0.2) is 12.6 Å². The van der Waals surface area contributed by atoms with Gasteiger partial charge >= 0.3 is 0 Å². The molecule has 0 aromatic heterocycles. The molecule has 0 radical (unpaired) electrons. The number of para-hydroxylation sites is 1. The van der Waals surface area contributed by atoms with Gasteiger partial charge < -0.3 is 10.1 Å². The van der Waals surface area contributed by atoms with E-state index in [0.717, 1.165) is 30.0 Å². The van der Waals surface area contributed by atoms with E-state index in [1.165, 1.54) is 6.07 Å². The minimum Gasteiger partial charge on any atom is -0.488 e. The Morgan fingerprint density at radius 2 is 2.00 bits per heavy atom. The van der Waals surface area contributed by atoms with E-state index >= 15 is 0 Å². The van der Waals surface area contributed by atoms with Gasteiger partial charge in [-0.25, -0.2) is 4.39 Å². The molecule has 1 atom stereocenters. The van der Waals surface area contributed by atoms with Gasteiger partial charge in [0, 0.05) is 17.7 Å². The normalized spacial score (nSPS) is 17.1. The number of rotatable bonds is 3. The van der Waals surface area contributed by atoms with Crippen molar-refractivity contribution < 1.29 is 9.13 Å². The molecule has 0 amide bonds. The Balaban J connectivity index is 1.61. The molecule has 0 saturated carbocycles. The van der Waals surface area contributed by atoms with Crippen molar-refractivity contribution in [2.24, 2.45) is 0 Å². The van der Waals surface area contributed by atoms with Gasteiger partial charge in [0.25, 0.3) is 0 Å². The van der Waals surface area contributed by atoms with E-state index in [1.54, 1.807) is 12.1 Å². The summed E-state index contributed by atoms with van der Waals surface area (Å²) in [5.41, 5.74) is 2.03. The Morgan fingerprint density at radius 3 is 2.83 bits per heavy atom. The van der Waals surface area contributed by atoms with E-state index < -0.39 is 0 Å². The maximum absolute atomic E-state index is 13.1. The van der Waals surface area contributed by atoms with Crippen LogP contribution in [0.2, 0.25) is 0 Å². The van der Waals surface area contributed by atoms with E-state index in [4.69, 9.17) is 4.74 Å². The number of nitrogens with one attached hydrogen (secondary N) is 1. The standard InChI is InChI=1S/C15H14FNO/c16-12-6-7-15-11(8-12)9-14(18-15)10-17-13-4-2-1-3-5-13/h1-8,14,17H,9-10H2. The number of halogens is 1. The Labute approximate surface area is 105 Å². The number of fused-ring (bicyclic) bond motifs is 1. The molecular weight excluding hydrogens is 229 g/mol. The van der Waals surface area contributed by atoms with E-state index in [0.29, 0.717) is 0 Å². The zero-order valence-corrected chi connectivity index (χ0v) is 9.90. The van der Waals surface area contributed by atoms with Crippen LogP contribution in [0, 0.1) is 5.82 Å².